The molecule has 1 aromatic carbocycles. The maximum Gasteiger partial charge on any atom is 0.295 e. The first-order valence-corrected chi connectivity index (χ1v) is 6.23. The van der Waals surface area contributed by atoms with E-state index >= 15 is 0 Å². The molecule has 0 radical (unpaired) electrons. The number of nitrogens with two attached hydrogens (primary N) is 1. The first kappa shape index (κ1) is 11.7. The number of hydrogen-bond acceptors (Lipinski definition) is 4. The lowest BCUT2D eigenvalue weighted by Crippen LogP contribution is -2.39. The molecule has 6 nitrogen and oxygen atoms in total. The van der Waals surface area contributed by atoms with Crippen LogP contribution in [0.1, 0.15) is 23.1 Å². The van der Waals surface area contributed by atoms with Gasteiger partial charge >= 0.3 is 0 Å². The van der Waals surface area contributed by atoms with Crippen LogP contribution in [0.4, 0.5) is 11.6 Å². The number of carbonyl (C=O) groups excluding carboxylic acids is 1. The van der Waals surface area contributed by atoms with Gasteiger partial charge in [-0.25, -0.2) is 0 Å². The number of amides is 1. The molecule has 1 unspecified atom stereocenters. The van der Waals surface area contributed by atoms with E-state index in [0.29, 0.717) is 12.5 Å². The smallest absolute Gasteiger partial charge is 0.295 e. The normalized spacial score (nSPS) is 18.2. The Kier molecular flexibility index (Phi) is 2.70. The molecule has 1 amide bonds. The van der Waals surface area contributed by atoms with E-state index in [0.717, 1.165) is 12.1 Å². The van der Waals surface area contributed by atoms with Gasteiger partial charge in [-0.05, 0) is 24.0 Å². The number of rotatable bonds is 1. The topological polar surface area (TPSA) is 87.9 Å². The summed E-state index contributed by atoms with van der Waals surface area (Å²) in [5.41, 5.74) is 7.57. The quantitative estimate of drug-likeness (QED) is 0.804. The van der Waals surface area contributed by atoms with Gasteiger partial charge in [0.2, 0.25) is 11.8 Å². The number of aromatic nitrogens is 3. The molecule has 19 heavy (non-hydrogen) atoms. The van der Waals surface area contributed by atoms with Gasteiger partial charge in [-0.1, -0.05) is 25.1 Å². The summed E-state index contributed by atoms with van der Waals surface area (Å²) in [5, 5.41) is 6.27. The summed E-state index contributed by atoms with van der Waals surface area (Å²) in [7, 11) is 0. The number of nitrogen functional groups attached to an aromatic ring is 1. The van der Waals surface area contributed by atoms with Crippen LogP contribution in [-0.4, -0.2) is 27.6 Å². The molecule has 3 rings (SSSR count). The van der Waals surface area contributed by atoms with Crippen molar-refractivity contribution in [1.82, 2.24) is 15.2 Å². The van der Waals surface area contributed by atoms with Gasteiger partial charge in [0.25, 0.3) is 5.91 Å². The Morgan fingerprint density at radius 1 is 1.47 bits per heavy atom. The molecular formula is C13H15N5O. The number of aromatic amines is 1. The minimum Gasteiger partial charge on any atom is -0.366 e. The molecule has 1 aliphatic heterocycles. The van der Waals surface area contributed by atoms with Gasteiger partial charge in [-0.2, -0.15) is 4.98 Å². The second kappa shape index (κ2) is 4.38. The highest BCUT2D eigenvalue weighted by Gasteiger charge is 2.28. The van der Waals surface area contributed by atoms with Crippen molar-refractivity contribution in [2.45, 2.75) is 13.3 Å². The van der Waals surface area contributed by atoms with Crippen molar-refractivity contribution in [2.24, 2.45) is 5.92 Å². The van der Waals surface area contributed by atoms with Gasteiger partial charge in [0, 0.05) is 12.2 Å². The van der Waals surface area contributed by atoms with Crippen LogP contribution in [0.2, 0.25) is 0 Å². The minimum absolute atomic E-state index is 0.0849. The van der Waals surface area contributed by atoms with E-state index in [1.807, 2.05) is 18.2 Å². The molecule has 6 heteroatoms. The zero-order valence-electron chi connectivity index (χ0n) is 10.6. The van der Waals surface area contributed by atoms with Crippen molar-refractivity contribution in [3.63, 3.8) is 0 Å². The predicted molar refractivity (Wildman–Crippen MR) is 71.8 cm³/mol. The van der Waals surface area contributed by atoms with Crippen LogP contribution in [0, 0.1) is 5.92 Å². The number of fused-ring (bicyclic) bond motifs is 1. The summed E-state index contributed by atoms with van der Waals surface area (Å²) < 4.78 is 0. The van der Waals surface area contributed by atoms with E-state index in [2.05, 4.69) is 28.2 Å². The Labute approximate surface area is 110 Å². The Morgan fingerprint density at radius 3 is 3.00 bits per heavy atom. The van der Waals surface area contributed by atoms with Gasteiger partial charge in [-0.15, -0.1) is 5.10 Å². The molecule has 1 aromatic heterocycles. The molecule has 1 aliphatic rings. The fourth-order valence-corrected chi connectivity index (χ4v) is 2.49. The number of hydrogen-bond donors (Lipinski definition) is 2. The maximum absolute atomic E-state index is 12.5. The van der Waals surface area contributed by atoms with Crippen LogP contribution in [0.5, 0.6) is 0 Å². The highest BCUT2D eigenvalue weighted by Crippen LogP contribution is 2.30. The number of carbonyl (C=O) groups is 1. The summed E-state index contributed by atoms with van der Waals surface area (Å²) in [6.07, 6.45) is 0.985. The zero-order valence-corrected chi connectivity index (χ0v) is 10.6. The molecule has 98 valence electrons. The summed E-state index contributed by atoms with van der Waals surface area (Å²) in [6, 6.07) is 7.94. The van der Waals surface area contributed by atoms with Crippen molar-refractivity contribution in [3.8, 4) is 0 Å². The Bertz CT molecular complexity index is 621. The Hall–Kier alpha value is -2.37. The van der Waals surface area contributed by atoms with Crippen LogP contribution < -0.4 is 10.6 Å². The molecule has 0 aliphatic carbocycles. The Balaban J connectivity index is 1.99. The van der Waals surface area contributed by atoms with Crippen molar-refractivity contribution < 1.29 is 4.79 Å². The van der Waals surface area contributed by atoms with Crippen molar-refractivity contribution >= 4 is 17.5 Å². The zero-order chi connectivity index (χ0) is 13.4. The first-order valence-electron chi connectivity index (χ1n) is 6.23. The molecule has 2 heterocycles. The van der Waals surface area contributed by atoms with E-state index in [1.54, 1.807) is 4.90 Å². The summed E-state index contributed by atoms with van der Waals surface area (Å²) in [4.78, 5) is 18.1. The number of para-hydroxylation sites is 1. The molecule has 0 saturated heterocycles. The van der Waals surface area contributed by atoms with Crippen LogP contribution in [0.15, 0.2) is 24.3 Å². The molecule has 3 N–H and O–H groups in total. The fraction of sp³-hybridized carbons (Fsp3) is 0.308. The van der Waals surface area contributed by atoms with Crippen LogP contribution in [-0.2, 0) is 6.42 Å². The third-order valence-corrected chi connectivity index (χ3v) is 3.30. The molecule has 0 fully saturated rings. The van der Waals surface area contributed by atoms with Crippen LogP contribution >= 0.6 is 0 Å². The van der Waals surface area contributed by atoms with Gasteiger partial charge in [0.1, 0.15) is 0 Å². The van der Waals surface area contributed by atoms with Gasteiger partial charge in [0.05, 0.1) is 0 Å². The molecule has 1 atom stereocenters. The maximum atomic E-state index is 12.5. The number of anilines is 2. The summed E-state index contributed by atoms with van der Waals surface area (Å²) in [5.74, 6) is 0.491. The molecular weight excluding hydrogens is 242 g/mol. The van der Waals surface area contributed by atoms with Gasteiger partial charge in [0.15, 0.2) is 0 Å². The van der Waals surface area contributed by atoms with E-state index < -0.39 is 0 Å². The molecule has 0 bridgehead atoms. The van der Waals surface area contributed by atoms with E-state index in [-0.39, 0.29) is 17.7 Å². The number of benzene rings is 1. The highest BCUT2D eigenvalue weighted by atomic mass is 16.2. The second-order valence-electron chi connectivity index (χ2n) is 4.90. The lowest BCUT2D eigenvalue weighted by molar-refractivity contribution is 0.0971. The molecule has 2 aromatic rings. The minimum atomic E-state index is -0.191. The van der Waals surface area contributed by atoms with Crippen LogP contribution in [0.3, 0.4) is 0 Å². The largest absolute Gasteiger partial charge is 0.366 e. The van der Waals surface area contributed by atoms with E-state index in [9.17, 15) is 4.79 Å². The van der Waals surface area contributed by atoms with E-state index in [4.69, 9.17) is 5.73 Å². The third kappa shape index (κ3) is 2.05. The number of nitrogens with zero attached hydrogens (tertiary/aromatic N) is 3. The fourth-order valence-electron chi connectivity index (χ4n) is 2.49. The first-order chi connectivity index (χ1) is 9.15. The molecule has 0 saturated carbocycles. The lowest BCUT2D eigenvalue weighted by atomic mass is 9.94. The number of nitrogens with one attached hydrogen (secondary N) is 1. The standard InChI is InChI=1S/C13H15N5O/c1-8-6-9-4-2-3-5-10(9)18(7-8)12(19)11-15-13(14)17-16-11/h2-5,8H,6-7H2,1H3,(H3,14,15,16,17). The monoisotopic (exact) mass is 257 g/mol. The molecule has 0 spiro atoms. The summed E-state index contributed by atoms with van der Waals surface area (Å²) >= 11 is 0. The second-order valence-corrected chi connectivity index (χ2v) is 4.90. The Morgan fingerprint density at radius 2 is 2.26 bits per heavy atom. The van der Waals surface area contributed by atoms with E-state index in [1.165, 1.54) is 5.56 Å². The average molecular weight is 257 g/mol. The van der Waals surface area contributed by atoms with Crippen molar-refractivity contribution in [3.05, 3.63) is 35.7 Å². The van der Waals surface area contributed by atoms with Crippen molar-refractivity contribution in [2.75, 3.05) is 17.2 Å². The van der Waals surface area contributed by atoms with Crippen LogP contribution in [0.25, 0.3) is 0 Å². The van der Waals surface area contributed by atoms with Gasteiger partial charge in [-0.3, -0.25) is 9.89 Å². The van der Waals surface area contributed by atoms with Crippen molar-refractivity contribution in [1.29, 1.82) is 0 Å². The lowest BCUT2D eigenvalue weighted by Gasteiger charge is -2.32. The predicted octanol–water partition coefficient (Wildman–Crippen LogP) is 1.23. The SMILES string of the molecule is CC1Cc2ccccc2N(C(=O)c2nc(N)n[nH]2)C1. The average Bonchev–Trinajstić information content (AvgIpc) is 2.83. The third-order valence-electron chi connectivity index (χ3n) is 3.30. The highest BCUT2D eigenvalue weighted by molar-refractivity contribution is 6.04. The summed E-state index contributed by atoms with van der Waals surface area (Å²) in [6.45, 7) is 2.81. The number of H-pyrrole nitrogens is 1. The van der Waals surface area contributed by atoms with Gasteiger partial charge < -0.3 is 10.6 Å².